The normalized spacial score (nSPS) is 13.1. The molecule has 0 bridgehead atoms. The predicted octanol–water partition coefficient (Wildman–Crippen LogP) is 15.0. The van der Waals surface area contributed by atoms with E-state index in [-0.39, 0.29) is 32.2 Å². The number of aliphatic carboxylic acids is 1. The summed E-state index contributed by atoms with van der Waals surface area (Å²) in [5.74, 6) is -2.27. The number of carboxylic acids is 1. The Morgan fingerprint density at radius 1 is 0.456 bits per heavy atom. The minimum Gasteiger partial charge on any atom is -0.545 e. The van der Waals surface area contributed by atoms with Crippen molar-refractivity contribution < 1.29 is 42.9 Å². The van der Waals surface area contributed by atoms with Crippen LogP contribution in [0.4, 0.5) is 0 Å². The average Bonchev–Trinajstić information content (AvgIpc) is 3.30. The van der Waals surface area contributed by atoms with Crippen LogP contribution in [0, 0.1) is 0 Å². The smallest absolute Gasteiger partial charge is 0.306 e. The van der Waals surface area contributed by atoms with Crippen LogP contribution >= 0.6 is 0 Å². The number of likely N-dealkylation sites (N-methyl/N-ethyl adjacent to an activating group) is 1. The molecule has 9 heteroatoms. The van der Waals surface area contributed by atoms with Crippen LogP contribution in [0.15, 0.2) is 48.6 Å². The van der Waals surface area contributed by atoms with E-state index in [2.05, 4.69) is 62.5 Å². The van der Waals surface area contributed by atoms with E-state index >= 15 is 0 Å². The third kappa shape index (κ3) is 51.1. The lowest BCUT2D eigenvalue weighted by Gasteiger charge is -2.26. The van der Waals surface area contributed by atoms with Crippen LogP contribution in [-0.4, -0.2) is 82.3 Å². The van der Waals surface area contributed by atoms with E-state index in [1.54, 1.807) is 0 Å². The fraction of sp³-hybridized carbons (Fsp3) is 0.814. The molecular weight excluding hydrogens is 851 g/mol. The fourth-order valence-corrected chi connectivity index (χ4v) is 8.00. The highest BCUT2D eigenvalue weighted by atomic mass is 16.7. The lowest BCUT2D eigenvalue weighted by molar-refractivity contribution is -0.870. The molecule has 0 aromatic rings. The van der Waals surface area contributed by atoms with Crippen molar-refractivity contribution in [2.24, 2.45) is 0 Å². The van der Waals surface area contributed by atoms with E-state index in [0.29, 0.717) is 23.9 Å². The van der Waals surface area contributed by atoms with Gasteiger partial charge in [-0.25, -0.2) is 0 Å². The molecule has 0 aliphatic heterocycles. The molecule has 0 aliphatic rings. The van der Waals surface area contributed by atoms with E-state index in [0.717, 1.165) is 57.8 Å². The van der Waals surface area contributed by atoms with Gasteiger partial charge in [0.2, 0.25) is 0 Å². The summed E-state index contributed by atoms with van der Waals surface area (Å²) in [4.78, 5) is 37.1. The van der Waals surface area contributed by atoms with Crippen LogP contribution in [0.1, 0.15) is 251 Å². The summed E-state index contributed by atoms with van der Waals surface area (Å²) in [6, 6.07) is 0. The molecule has 0 amide bonds. The monoisotopic (exact) mass is 958 g/mol. The summed E-state index contributed by atoms with van der Waals surface area (Å²) in [6.45, 7) is 4.65. The second kappa shape index (κ2) is 50.6. The first-order chi connectivity index (χ1) is 33.1. The predicted molar refractivity (Wildman–Crippen MR) is 283 cm³/mol. The highest BCUT2D eigenvalue weighted by Gasteiger charge is 2.22. The van der Waals surface area contributed by atoms with Crippen molar-refractivity contribution >= 4 is 17.9 Å². The van der Waals surface area contributed by atoms with Crippen molar-refractivity contribution in [1.82, 2.24) is 0 Å². The maximum atomic E-state index is 12.8. The van der Waals surface area contributed by atoms with Gasteiger partial charge in [0.25, 0.3) is 0 Å². The Kier molecular flexibility index (Phi) is 48.6. The van der Waals surface area contributed by atoms with Gasteiger partial charge in [-0.3, -0.25) is 9.59 Å². The third-order valence-electron chi connectivity index (χ3n) is 12.3. The highest BCUT2D eigenvalue weighted by molar-refractivity contribution is 5.70. The lowest BCUT2D eigenvalue weighted by atomic mass is 10.0. The van der Waals surface area contributed by atoms with Crippen molar-refractivity contribution in [2.45, 2.75) is 264 Å². The number of quaternary nitrogens is 1. The first-order valence-electron chi connectivity index (χ1n) is 28.3. The molecule has 2 unspecified atom stereocenters. The van der Waals surface area contributed by atoms with Crippen LogP contribution in [0.2, 0.25) is 0 Å². The number of rotatable bonds is 52. The molecule has 9 nitrogen and oxygen atoms in total. The first kappa shape index (κ1) is 65.2. The van der Waals surface area contributed by atoms with Gasteiger partial charge in [-0.2, -0.15) is 0 Å². The molecule has 0 saturated carbocycles. The van der Waals surface area contributed by atoms with Crippen LogP contribution in [0.25, 0.3) is 0 Å². The van der Waals surface area contributed by atoms with Crippen molar-refractivity contribution in [2.75, 3.05) is 47.5 Å². The third-order valence-corrected chi connectivity index (χ3v) is 12.3. The van der Waals surface area contributed by atoms with Gasteiger partial charge in [0, 0.05) is 12.8 Å². The zero-order valence-electron chi connectivity index (χ0n) is 45.0. The average molecular weight is 959 g/mol. The molecule has 396 valence electrons. The van der Waals surface area contributed by atoms with E-state index in [9.17, 15) is 19.5 Å². The quantitative estimate of drug-likeness (QED) is 0.0195. The van der Waals surface area contributed by atoms with E-state index in [1.807, 2.05) is 21.1 Å². The van der Waals surface area contributed by atoms with Crippen molar-refractivity contribution in [1.29, 1.82) is 0 Å². The number of allylic oxidation sites excluding steroid dienone is 8. The minimum atomic E-state index is -1.62. The van der Waals surface area contributed by atoms with Crippen LogP contribution < -0.4 is 5.11 Å². The van der Waals surface area contributed by atoms with Gasteiger partial charge >= 0.3 is 11.9 Å². The molecule has 0 aromatic carbocycles. The van der Waals surface area contributed by atoms with Crippen LogP contribution in [0.5, 0.6) is 0 Å². The molecule has 0 spiro atoms. The zero-order valence-corrected chi connectivity index (χ0v) is 45.0. The van der Waals surface area contributed by atoms with E-state index < -0.39 is 24.3 Å². The molecule has 0 heterocycles. The Bertz CT molecular complexity index is 1250. The number of carbonyl (C=O) groups is 3. The number of hydrogen-bond acceptors (Lipinski definition) is 8. The Labute approximate surface area is 419 Å². The molecule has 0 rings (SSSR count). The number of esters is 2. The van der Waals surface area contributed by atoms with Gasteiger partial charge < -0.3 is 33.3 Å². The number of carboxylic acid groups (broad SMARTS) is 1. The summed E-state index contributed by atoms with van der Waals surface area (Å²) in [5, 5.41) is 11.7. The second-order valence-corrected chi connectivity index (χ2v) is 20.2. The Morgan fingerprint density at radius 2 is 0.838 bits per heavy atom. The molecule has 2 atom stereocenters. The SMILES string of the molecule is CC/C=C\C/C=C\C/C=C\C/C=C\CCCCCCCCCCCCCCCCCCCCC(=O)OC(COC(=O)CCCCCCCCCCCCCC)COC(OCC[N+](C)(C)C)C(=O)[O-]. The van der Waals surface area contributed by atoms with Gasteiger partial charge in [-0.05, 0) is 51.4 Å². The summed E-state index contributed by atoms with van der Waals surface area (Å²) in [5.41, 5.74) is 0. The first-order valence-corrected chi connectivity index (χ1v) is 28.3. The Balaban J connectivity index is 4.09. The van der Waals surface area contributed by atoms with E-state index in [1.165, 1.54) is 161 Å². The molecule has 0 saturated heterocycles. The van der Waals surface area contributed by atoms with Gasteiger partial charge in [-0.1, -0.05) is 236 Å². The highest BCUT2D eigenvalue weighted by Crippen LogP contribution is 2.17. The summed E-state index contributed by atoms with van der Waals surface area (Å²) in [7, 11) is 5.92. The number of hydrogen-bond donors (Lipinski definition) is 0. The van der Waals surface area contributed by atoms with Crippen LogP contribution in [0.3, 0.4) is 0 Å². The number of nitrogens with zero attached hydrogens (tertiary/aromatic N) is 1. The summed E-state index contributed by atoms with van der Waals surface area (Å²) in [6.07, 6.45) is 58.8. The van der Waals surface area contributed by atoms with Crippen molar-refractivity contribution in [3.8, 4) is 0 Å². The standard InChI is InChI=1S/C59H107NO8/c1-6-8-10-12-14-16-18-20-21-22-23-24-25-26-27-28-29-30-31-32-33-34-35-36-37-38-40-42-44-46-48-50-57(62)68-55(54-67-59(58(63)64)65-52-51-60(3,4)5)53-66-56(61)49-47-45-43-41-39-19-17-15-13-11-9-7-2/h8,10,14,16,20-21,23-24,55,59H,6-7,9,11-13,15,17-19,22,25-54H2,1-5H3/b10-8-,16-14-,21-20-,24-23-. The minimum absolute atomic E-state index is 0.150. The summed E-state index contributed by atoms with van der Waals surface area (Å²) >= 11 is 0. The number of unbranched alkanes of at least 4 members (excludes halogenated alkanes) is 29. The zero-order chi connectivity index (χ0) is 49.9. The molecule has 0 N–H and O–H groups in total. The Hall–Kier alpha value is -2.75. The van der Waals surface area contributed by atoms with Gasteiger partial charge in [0.1, 0.15) is 13.2 Å². The topological polar surface area (TPSA) is 111 Å². The molecule has 0 radical (unpaired) electrons. The van der Waals surface area contributed by atoms with E-state index in [4.69, 9.17) is 18.9 Å². The molecule has 68 heavy (non-hydrogen) atoms. The van der Waals surface area contributed by atoms with Gasteiger partial charge in [-0.15, -0.1) is 0 Å². The van der Waals surface area contributed by atoms with Crippen molar-refractivity contribution in [3.05, 3.63) is 48.6 Å². The maximum Gasteiger partial charge on any atom is 0.306 e. The second-order valence-electron chi connectivity index (χ2n) is 20.2. The largest absolute Gasteiger partial charge is 0.545 e. The number of carbonyl (C=O) groups excluding carboxylic acids is 3. The fourth-order valence-electron chi connectivity index (χ4n) is 8.00. The molecular formula is C59H107NO8. The van der Waals surface area contributed by atoms with Crippen LogP contribution in [-0.2, 0) is 33.3 Å². The maximum absolute atomic E-state index is 12.8. The molecule has 0 aliphatic carbocycles. The Morgan fingerprint density at radius 3 is 1.25 bits per heavy atom. The summed E-state index contributed by atoms with van der Waals surface area (Å²) < 4.78 is 22.7. The number of ether oxygens (including phenoxy) is 4. The molecule has 0 aromatic heterocycles. The van der Waals surface area contributed by atoms with Crippen molar-refractivity contribution in [3.63, 3.8) is 0 Å². The molecule has 0 fully saturated rings. The lowest BCUT2D eigenvalue weighted by Crippen LogP contribution is -2.44. The van der Waals surface area contributed by atoms with Gasteiger partial charge in [0.05, 0.1) is 40.3 Å². The van der Waals surface area contributed by atoms with Gasteiger partial charge in [0.15, 0.2) is 12.4 Å².